The number of nitrogens with two attached hydrogens (primary N) is 1. The van der Waals surface area contributed by atoms with Crippen molar-refractivity contribution in [1.29, 1.82) is 0 Å². The fourth-order valence-corrected chi connectivity index (χ4v) is 5.83. The monoisotopic (exact) mass is 533 g/mol. The van der Waals surface area contributed by atoms with Crippen LogP contribution in [0.5, 0.6) is 6.01 Å². The predicted octanol–water partition coefficient (Wildman–Crippen LogP) is 3.68. The Morgan fingerprint density at radius 1 is 1.16 bits per heavy atom. The van der Waals surface area contributed by atoms with E-state index >= 15 is 0 Å². The number of hydrogen-bond acceptors (Lipinski definition) is 8. The summed E-state index contributed by atoms with van der Waals surface area (Å²) in [4.78, 5) is 17.8. The SMILES string of the molecule is CN1C[C@H]2C[C@H]2[C@H]1COc1nc(N2CCNCC2)c2cc(Cl)c(-c3nc(N)ccc3C(F)(F)F)cc2n1. The Labute approximate surface area is 217 Å². The fraction of sp³-hybridized carbons (Fsp3) is 0.480. The molecule has 3 atom stereocenters. The standard InChI is InChI=1S/C25H27ClF3N7O/c1-35-11-13-8-14(13)20(35)12-37-24-32-19-10-15(22-17(25(27,28)29)2-3-21(30)33-22)18(26)9-16(19)23(34-24)36-6-4-31-5-7-36/h2-3,9-10,13-14,20,31H,4-8,11-12H2,1H3,(H2,30,33)/t13-,14-,20-/m1/s1. The van der Waals surface area contributed by atoms with E-state index in [1.54, 1.807) is 6.07 Å². The van der Waals surface area contributed by atoms with Gasteiger partial charge in [-0.1, -0.05) is 11.6 Å². The van der Waals surface area contributed by atoms with Gasteiger partial charge in [0.15, 0.2) is 0 Å². The molecular formula is C25H27ClF3N7O. The molecule has 2 aliphatic heterocycles. The summed E-state index contributed by atoms with van der Waals surface area (Å²) in [7, 11) is 2.10. The number of rotatable bonds is 5. The summed E-state index contributed by atoms with van der Waals surface area (Å²) >= 11 is 6.58. The lowest BCUT2D eigenvalue weighted by molar-refractivity contribution is -0.137. The molecule has 3 aliphatic rings. The Balaban J connectivity index is 1.44. The molecule has 8 nitrogen and oxygen atoms in total. The minimum Gasteiger partial charge on any atom is -0.462 e. The predicted molar refractivity (Wildman–Crippen MR) is 136 cm³/mol. The number of benzene rings is 1. The van der Waals surface area contributed by atoms with E-state index in [0.717, 1.165) is 50.8 Å². The van der Waals surface area contributed by atoms with Crippen LogP contribution in [0, 0.1) is 11.8 Å². The maximum absolute atomic E-state index is 13.8. The first kappa shape index (κ1) is 24.4. The Morgan fingerprint density at radius 3 is 2.65 bits per heavy atom. The van der Waals surface area contributed by atoms with E-state index in [4.69, 9.17) is 27.1 Å². The lowest BCUT2D eigenvalue weighted by Gasteiger charge is -2.29. The number of hydrogen-bond donors (Lipinski definition) is 2. The van der Waals surface area contributed by atoms with E-state index in [1.165, 1.54) is 12.5 Å². The summed E-state index contributed by atoms with van der Waals surface area (Å²) in [5.74, 6) is 1.99. The molecule has 12 heteroatoms. The van der Waals surface area contributed by atoms with Crippen molar-refractivity contribution in [2.45, 2.75) is 18.6 Å². The number of nitrogen functional groups attached to an aromatic ring is 1. The van der Waals surface area contributed by atoms with Gasteiger partial charge in [0.25, 0.3) is 0 Å². The van der Waals surface area contributed by atoms with Gasteiger partial charge in [-0.3, -0.25) is 4.90 Å². The molecule has 2 saturated heterocycles. The number of piperazine rings is 1. The second-order valence-electron chi connectivity index (χ2n) is 10.0. The number of nitrogens with zero attached hydrogens (tertiary/aromatic N) is 5. The highest BCUT2D eigenvalue weighted by atomic mass is 35.5. The number of nitrogens with one attached hydrogen (secondary N) is 1. The Hall–Kier alpha value is -2.89. The molecule has 0 amide bonds. The van der Waals surface area contributed by atoms with Crippen molar-refractivity contribution in [3.8, 4) is 17.3 Å². The smallest absolute Gasteiger partial charge is 0.418 e. The highest BCUT2D eigenvalue weighted by Crippen LogP contribution is 2.49. The molecule has 1 aromatic carbocycles. The minimum absolute atomic E-state index is 0.0357. The lowest BCUT2D eigenvalue weighted by atomic mass is 10.0. The van der Waals surface area contributed by atoms with Crippen LogP contribution in [0.3, 0.4) is 0 Å². The number of piperidine rings is 1. The number of likely N-dealkylation sites (tertiary alicyclic amines) is 1. The molecule has 3 aromatic rings. The van der Waals surface area contributed by atoms with E-state index in [0.29, 0.717) is 35.3 Å². The van der Waals surface area contributed by atoms with Crippen molar-refractivity contribution in [2.75, 3.05) is 57.0 Å². The van der Waals surface area contributed by atoms with Crippen molar-refractivity contribution in [2.24, 2.45) is 11.8 Å². The van der Waals surface area contributed by atoms with Gasteiger partial charge in [-0.2, -0.15) is 23.1 Å². The van der Waals surface area contributed by atoms with E-state index in [-0.39, 0.29) is 28.1 Å². The highest BCUT2D eigenvalue weighted by Gasteiger charge is 2.51. The van der Waals surface area contributed by atoms with Crippen LogP contribution in [0.25, 0.3) is 22.2 Å². The number of pyridine rings is 1. The Bertz CT molecular complexity index is 1350. The van der Waals surface area contributed by atoms with Gasteiger partial charge in [0.1, 0.15) is 18.2 Å². The topological polar surface area (TPSA) is 92.4 Å². The van der Waals surface area contributed by atoms with Gasteiger partial charge in [0.2, 0.25) is 0 Å². The lowest BCUT2D eigenvalue weighted by Crippen LogP contribution is -2.44. The van der Waals surface area contributed by atoms with E-state index in [9.17, 15) is 13.2 Å². The second-order valence-corrected chi connectivity index (χ2v) is 10.4. The van der Waals surface area contributed by atoms with Crippen LogP contribution < -0.4 is 20.7 Å². The zero-order valence-electron chi connectivity index (χ0n) is 20.2. The Morgan fingerprint density at radius 2 is 1.95 bits per heavy atom. The molecule has 0 spiro atoms. The molecule has 3 N–H and O–H groups in total. The van der Waals surface area contributed by atoms with Crippen molar-refractivity contribution in [3.05, 3.63) is 34.9 Å². The van der Waals surface area contributed by atoms with Crippen LogP contribution >= 0.6 is 11.6 Å². The third-order valence-electron chi connectivity index (χ3n) is 7.58. The van der Waals surface area contributed by atoms with Crippen molar-refractivity contribution in [3.63, 3.8) is 0 Å². The van der Waals surface area contributed by atoms with Gasteiger partial charge < -0.3 is 20.7 Å². The number of anilines is 2. The fourth-order valence-electron chi connectivity index (χ4n) is 5.58. The first-order chi connectivity index (χ1) is 17.7. The minimum atomic E-state index is -4.63. The average Bonchev–Trinajstić information content (AvgIpc) is 3.54. The summed E-state index contributed by atoms with van der Waals surface area (Å²) in [6, 6.07) is 5.68. The molecule has 1 saturated carbocycles. The van der Waals surface area contributed by atoms with E-state index in [2.05, 4.69) is 32.1 Å². The number of likely N-dealkylation sites (N-methyl/N-ethyl adjacent to an activating group) is 1. The summed E-state index contributed by atoms with van der Waals surface area (Å²) < 4.78 is 47.5. The molecule has 4 heterocycles. The summed E-state index contributed by atoms with van der Waals surface area (Å²) in [5, 5.41) is 4.06. The van der Waals surface area contributed by atoms with Gasteiger partial charge >= 0.3 is 12.2 Å². The summed E-state index contributed by atoms with van der Waals surface area (Å²) in [6.07, 6.45) is -3.41. The average molecular weight is 534 g/mol. The molecule has 3 fully saturated rings. The van der Waals surface area contributed by atoms with Crippen LogP contribution in [0.1, 0.15) is 12.0 Å². The van der Waals surface area contributed by atoms with Gasteiger partial charge in [-0.05, 0) is 49.6 Å². The molecule has 2 aromatic heterocycles. The number of fused-ring (bicyclic) bond motifs is 2. The third-order valence-corrected chi connectivity index (χ3v) is 7.89. The normalized spacial score (nSPS) is 23.9. The molecule has 6 rings (SSSR count). The van der Waals surface area contributed by atoms with E-state index < -0.39 is 11.7 Å². The highest BCUT2D eigenvalue weighted by molar-refractivity contribution is 6.34. The van der Waals surface area contributed by atoms with Crippen LogP contribution in [0.15, 0.2) is 24.3 Å². The number of aromatic nitrogens is 3. The van der Waals surface area contributed by atoms with Crippen LogP contribution in [0.4, 0.5) is 24.8 Å². The quantitative estimate of drug-likeness (QED) is 0.513. The zero-order valence-corrected chi connectivity index (χ0v) is 21.0. The maximum atomic E-state index is 13.8. The third kappa shape index (κ3) is 4.64. The van der Waals surface area contributed by atoms with Gasteiger partial charge in [-0.15, -0.1) is 0 Å². The number of alkyl halides is 3. The van der Waals surface area contributed by atoms with Gasteiger partial charge in [0.05, 0.1) is 21.8 Å². The van der Waals surface area contributed by atoms with E-state index in [1.807, 2.05) is 0 Å². The van der Waals surface area contributed by atoms with Crippen molar-refractivity contribution >= 4 is 34.1 Å². The second kappa shape index (κ2) is 9.14. The number of ether oxygens (including phenoxy) is 1. The number of halogens is 4. The first-order valence-electron chi connectivity index (χ1n) is 12.3. The zero-order chi connectivity index (χ0) is 25.9. The molecular weight excluding hydrogens is 507 g/mol. The largest absolute Gasteiger partial charge is 0.462 e. The molecule has 0 unspecified atom stereocenters. The first-order valence-corrected chi connectivity index (χ1v) is 12.7. The molecule has 1 aliphatic carbocycles. The van der Waals surface area contributed by atoms with Crippen LogP contribution in [0.2, 0.25) is 5.02 Å². The van der Waals surface area contributed by atoms with Crippen LogP contribution in [-0.2, 0) is 6.18 Å². The Kier molecular flexibility index (Phi) is 6.04. The molecule has 196 valence electrons. The van der Waals surface area contributed by atoms with Crippen LogP contribution in [-0.4, -0.2) is 72.3 Å². The van der Waals surface area contributed by atoms with Crippen molar-refractivity contribution in [1.82, 2.24) is 25.2 Å². The summed E-state index contributed by atoms with van der Waals surface area (Å²) in [5.41, 5.74) is 5.03. The summed E-state index contributed by atoms with van der Waals surface area (Å²) in [6.45, 7) is 4.53. The molecule has 0 bridgehead atoms. The van der Waals surface area contributed by atoms with Gasteiger partial charge in [0, 0.05) is 49.7 Å². The maximum Gasteiger partial charge on any atom is 0.418 e. The van der Waals surface area contributed by atoms with Crippen molar-refractivity contribution < 1.29 is 17.9 Å². The molecule has 0 radical (unpaired) electrons. The van der Waals surface area contributed by atoms with Gasteiger partial charge in [-0.25, -0.2) is 4.98 Å². The molecule has 37 heavy (non-hydrogen) atoms.